The van der Waals surface area contributed by atoms with Crippen molar-refractivity contribution in [3.8, 4) is 0 Å². The van der Waals surface area contributed by atoms with E-state index in [4.69, 9.17) is 0 Å². The first-order chi connectivity index (χ1) is 7.90. The van der Waals surface area contributed by atoms with Crippen LogP contribution in [0.2, 0.25) is 0 Å². The molecule has 0 aromatic heterocycles. The lowest BCUT2D eigenvalue weighted by molar-refractivity contribution is 0.585. The molecule has 0 bridgehead atoms. The maximum absolute atomic E-state index is 11.1. The minimum absolute atomic E-state index is 0.293. The summed E-state index contributed by atoms with van der Waals surface area (Å²) < 4.78 is 11.1. The first-order valence-electron chi connectivity index (χ1n) is 6.00. The molecule has 0 radical (unpaired) electrons. The smallest absolute Gasteiger partial charge is 0.0383 e. The fourth-order valence-electron chi connectivity index (χ4n) is 2.18. The van der Waals surface area contributed by atoms with Gasteiger partial charge in [0.15, 0.2) is 0 Å². The summed E-state index contributed by atoms with van der Waals surface area (Å²) in [4.78, 5) is 0. The highest BCUT2D eigenvalue weighted by Gasteiger charge is 2.07. The van der Waals surface area contributed by atoms with Gasteiger partial charge in [-0.25, -0.2) is 0 Å². The van der Waals surface area contributed by atoms with Gasteiger partial charge in [-0.3, -0.25) is 4.21 Å². The minimum Gasteiger partial charge on any atom is -0.309 e. The Labute approximate surface area is 107 Å². The van der Waals surface area contributed by atoms with Crippen molar-refractivity contribution in [2.75, 3.05) is 12.0 Å². The molecule has 1 N–H and O–H groups in total. The zero-order valence-corrected chi connectivity index (χ0v) is 12.3. The van der Waals surface area contributed by atoms with Gasteiger partial charge in [-0.15, -0.1) is 0 Å². The average Bonchev–Trinajstić information content (AvgIpc) is 2.14. The zero-order chi connectivity index (χ0) is 13.0. The highest BCUT2D eigenvalue weighted by atomic mass is 32.2. The Morgan fingerprint density at radius 2 is 1.76 bits per heavy atom. The number of hydrogen-bond donors (Lipinski definition) is 1. The fourth-order valence-corrected chi connectivity index (χ4v) is 3.00. The summed E-state index contributed by atoms with van der Waals surface area (Å²) in [5.74, 6) is 0.712. The highest BCUT2D eigenvalue weighted by Crippen LogP contribution is 2.16. The molecule has 0 fully saturated rings. The molecule has 2 atom stereocenters. The summed E-state index contributed by atoms with van der Waals surface area (Å²) in [5, 5.41) is 3.44. The van der Waals surface area contributed by atoms with Crippen molar-refractivity contribution in [3.05, 3.63) is 34.4 Å². The van der Waals surface area contributed by atoms with E-state index in [1.54, 1.807) is 6.26 Å². The Morgan fingerprint density at radius 3 is 2.24 bits per heavy atom. The van der Waals surface area contributed by atoms with Gasteiger partial charge >= 0.3 is 0 Å². The van der Waals surface area contributed by atoms with Gasteiger partial charge in [0.1, 0.15) is 0 Å². The molecule has 17 heavy (non-hydrogen) atoms. The minimum atomic E-state index is -0.730. The second-order valence-corrected chi connectivity index (χ2v) is 6.38. The van der Waals surface area contributed by atoms with Gasteiger partial charge in [-0.05, 0) is 44.4 Å². The molecule has 1 rings (SSSR count). The Kier molecular flexibility index (Phi) is 5.34. The standard InChI is InChI=1S/C14H23NOS/c1-10-6-11(2)14(12(3)7-10)8-15-13(4)9-17(5)16/h6-7,13,15H,8-9H2,1-5H3. The average molecular weight is 253 g/mol. The first kappa shape index (κ1) is 14.4. The molecule has 0 aliphatic heterocycles. The first-order valence-corrected chi connectivity index (χ1v) is 7.73. The SMILES string of the molecule is Cc1cc(C)c(CNC(C)CS(C)=O)c(C)c1. The predicted octanol–water partition coefficient (Wildman–Crippen LogP) is 2.47. The summed E-state index contributed by atoms with van der Waals surface area (Å²) in [7, 11) is -0.730. The number of nitrogens with one attached hydrogen (secondary N) is 1. The third kappa shape index (κ3) is 4.60. The largest absolute Gasteiger partial charge is 0.309 e. The van der Waals surface area contributed by atoms with Crippen molar-refractivity contribution in [2.24, 2.45) is 0 Å². The van der Waals surface area contributed by atoms with Crippen molar-refractivity contribution < 1.29 is 4.21 Å². The highest BCUT2D eigenvalue weighted by molar-refractivity contribution is 7.84. The maximum atomic E-state index is 11.1. The molecule has 1 aromatic rings. The predicted molar refractivity (Wildman–Crippen MR) is 75.9 cm³/mol. The van der Waals surface area contributed by atoms with E-state index in [9.17, 15) is 4.21 Å². The number of aryl methyl sites for hydroxylation is 3. The normalized spacial score (nSPS) is 14.6. The van der Waals surface area contributed by atoms with Crippen LogP contribution in [0.4, 0.5) is 0 Å². The quantitative estimate of drug-likeness (QED) is 0.873. The van der Waals surface area contributed by atoms with Crippen molar-refractivity contribution >= 4 is 10.8 Å². The summed E-state index contributed by atoms with van der Waals surface area (Å²) in [6.45, 7) is 9.37. The molecular weight excluding hydrogens is 230 g/mol. The van der Waals surface area contributed by atoms with Crippen LogP contribution in [-0.4, -0.2) is 22.3 Å². The van der Waals surface area contributed by atoms with Crippen LogP contribution >= 0.6 is 0 Å². The van der Waals surface area contributed by atoms with Crippen LogP contribution in [0.5, 0.6) is 0 Å². The van der Waals surface area contributed by atoms with Crippen molar-refractivity contribution in [1.82, 2.24) is 5.32 Å². The molecule has 0 saturated heterocycles. The monoisotopic (exact) mass is 253 g/mol. The maximum Gasteiger partial charge on any atom is 0.0383 e. The van der Waals surface area contributed by atoms with Crippen LogP contribution in [0.3, 0.4) is 0 Å². The lowest BCUT2D eigenvalue weighted by atomic mass is 10.00. The van der Waals surface area contributed by atoms with Crippen LogP contribution in [-0.2, 0) is 17.3 Å². The van der Waals surface area contributed by atoms with E-state index >= 15 is 0 Å². The molecule has 0 saturated carbocycles. The third-order valence-corrected chi connectivity index (χ3v) is 3.92. The number of hydrogen-bond acceptors (Lipinski definition) is 2. The third-order valence-electron chi connectivity index (χ3n) is 2.95. The van der Waals surface area contributed by atoms with Gasteiger partial charge < -0.3 is 5.32 Å². The molecule has 0 heterocycles. The molecule has 2 unspecified atom stereocenters. The van der Waals surface area contributed by atoms with E-state index < -0.39 is 10.8 Å². The van der Waals surface area contributed by atoms with E-state index in [1.165, 1.54) is 22.3 Å². The second-order valence-electron chi connectivity index (χ2n) is 4.90. The Morgan fingerprint density at radius 1 is 1.24 bits per heavy atom. The molecule has 2 nitrogen and oxygen atoms in total. The lowest BCUT2D eigenvalue weighted by Gasteiger charge is -2.16. The van der Waals surface area contributed by atoms with E-state index in [-0.39, 0.29) is 0 Å². The van der Waals surface area contributed by atoms with Crippen molar-refractivity contribution in [1.29, 1.82) is 0 Å². The molecule has 0 amide bonds. The topological polar surface area (TPSA) is 29.1 Å². The van der Waals surface area contributed by atoms with Gasteiger partial charge in [0.2, 0.25) is 0 Å². The molecular formula is C14H23NOS. The van der Waals surface area contributed by atoms with E-state index in [1.807, 2.05) is 0 Å². The molecule has 0 aliphatic carbocycles. The Hall–Kier alpha value is -0.670. The van der Waals surface area contributed by atoms with Gasteiger partial charge in [0, 0.05) is 35.4 Å². The zero-order valence-electron chi connectivity index (χ0n) is 11.5. The Balaban J connectivity index is 2.66. The van der Waals surface area contributed by atoms with E-state index in [2.05, 4.69) is 45.1 Å². The molecule has 3 heteroatoms. The van der Waals surface area contributed by atoms with Gasteiger partial charge in [0.05, 0.1) is 0 Å². The van der Waals surface area contributed by atoms with Crippen LogP contribution < -0.4 is 5.32 Å². The second kappa shape index (κ2) is 6.31. The van der Waals surface area contributed by atoms with Gasteiger partial charge in [0.25, 0.3) is 0 Å². The van der Waals surface area contributed by atoms with Crippen molar-refractivity contribution in [2.45, 2.75) is 40.3 Å². The van der Waals surface area contributed by atoms with Gasteiger partial charge in [-0.1, -0.05) is 17.7 Å². The number of benzene rings is 1. The lowest BCUT2D eigenvalue weighted by Crippen LogP contribution is -2.31. The summed E-state index contributed by atoms with van der Waals surface area (Å²) >= 11 is 0. The number of rotatable bonds is 5. The van der Waals surface area contributed by atoms with E-state index in [0.717, 1.165) is 6.54 Å². The fraction of sp³-hybridized carbons (Fsp3) is 0.571. The van der Waals surface area contributed by atoms with Crippen LogP contribution in [0.15, 0.2) is 12.1 Å². The Bertz CT molecular complexity index is 392. The van der Waals surface area contributed by atoms with E-state index in [0.29, 0.717) is 11.8 Å². The van der Waals surface area contributed by atoms with Gasteiger partial charge in [-0.2, -0.15) is 0 Å². The molecule has 0 spiro atoms. The summed E-state index contributed by atoms with van der Waals surface area (Å²) in [5.41, 5.74) is 5.34. The molecule has 1 aromatic carbocycles. The summed E-state index contributed by atoms with van der Waals surface area (Å²) in [6, 6.07) is 4.72. The molecule has 0 aliphatic rings. The summed E-state index contributed by atoms with van der Waals surface area (Å²) in [6.07, 6.45) is 1.75. The molecule has 96 valence electrons. The van der Waals surface area contributed by atoms with Crippen LogP contribution in [0.1, 0.15) is 29.2 Å². The van der Waals surface area contributed by atoms with Crippen LogP contribution in [0.25, 0.3) is 0 Å². The van der Waals surface area contributed by atoms with Crippen molar-refractivity contribution in [3.63, 3.8) is 0 Å². The van der Waals surface area contributed by atoms with Crippen LogP contribution in [0, 0.1) is 20.8 Å².